The summed E-state index contributed by atoms with van der Waals surface area (Å²) in [7, 11) is 0. The first kappa shape index (κ1) is 47.6. The zero-order valence-corrected chi connectivity index (χ0v) is 43.2. The van der Waals surface area contributed by atoms with E-state index in [1.165, 1.54) is 100 Å². The molecule has 0 saturated heterocycles. The Bertz CT molecular complexity index is 3520. The second-order valence-electron chi connectivity index (χ2n) is 20.1. The summed E-state index contributed by atoms with van der Waals surface area (Å²) in [4.78, 5) is 0. The topological polar surface area (TPSA) is 0 Å². The highest BCUT2D eigenvalue weighted by Gasteiger charge is 2.14. The van der Waals surface area contributed by atoms with Gasteiger partial charge in [-0.05, 0) is 206 Å². The monoisotopic (exact) mass is 990 g/mol. The van der Waals surface area contributed by atoms with Crippen LogP contribution in [0.25, 0.3) is 134 Å². The number of benzene rings is 13. The van der Waals surface area contributed by atoms with Crippen LogP contribution in [0.1, 0.15) is 0 Å². The van der Waals surface area contributed by atoms with Gasteiger partial charge in [0.25, 0.3) is 0 Å². The van der Waals surface area contributed by atoms with Crippen molar-refractivity contribution in [2.75, 3.05) is 0 Å². The molecule has 0 spiro atoms. The normalized spacial score (nSPS) is 11.1. The molecule has 366 valence electrons. The van der Waals surface area contributed by atoms with Crippen molar-refractivity contribution in [3.8, 4) is 134 Å². The molecule has 0 atom stereocenters. The molecular formula is C78H54. The molecule has 0 heterocycles. The van der Waals surface area contributed by atoms with E-state index in [9.17, 15) is 0 Å². The molecule has 0 aliphatic rings. The zero-order valence-electron chi connectivity index (χ0n) is 43.2. The van der Waals surface area contributed by atoms with Crippen LogP contribution in [0.3, 0.4) is 0 Å². The van der Waals surface area contributed by atoms with Crippen LogP contribution in [0.15, 0.2) is 328 Å². The summed E-state index contributed by atoms with van der Waals surface area (Å²) in [5.74, 6) is 0. The van der Waals surface area contributed by atoms with Crippen LogP contribution >= 0.6 is 0 Å². The molecule has 78 heavy (non-hydrogen) atoms. The molecule has 0 unspecified atom stereocenters. The van der Waals surface area contributed by atoms with Crippen LogP contribution in [0.2, 0.25) is 0 Å². The molecule has 13 aromatic carbocycles. The van der Waals surface area contributed by atoms with Crippen molar-refractivity contribution in [3.05, 3.63) is 328 Å². The van der Waals surface area contributed by atoms with Gasteiger partial charge in [0.2, 0.25) is 0 Å². The maximum Gasteiger partial charge on any atom is -0.0172 e. The zero-order chi connectivity index (χ0) is 52.0. The maximum absolute atomic E-state index is 2.36. The van der Waals surface area contributed by atoms with E-state index in [4.69, 9.17) is 0 Å². The van der Waals surface area contributed by atoms with Crippen molar-refractivity contribution >= 4 is 0 Å². The lowest BCUT2D eigenvalue weighted by atomic mass is 9.90. The number of rotatable bonds is 12. The summed E-state index contributed by atoms with van der Waals surface area (Å²) < 4.78 is 0. The average Bonchev–Trinajstić information content (AvgIpc) is 3.55. The number of hydrogen-bond acceptors (Lipinski definition) is 0. The van der Waals surface area contributed by atoms with Crippen LogP contribution in [-0.4, -0.2) is 0 Å². The summed E-state index contributed by atoms with van der Waals surface area (Å²) in [6.07, 6.45) is 0. The SMILES string of the molecule is c1ccc(-c2cc(-c3ccccc3)cc(-c3ccc(-c4cc(-c5ccc(-c6cc(-c7ccccc7)cc(-c7ccccc7)c6)cc5)cc(-c5ccc(-c6cc(-c7ccccc7)cc(-c7ccccc7)c6)cc5)c4)cc3)c2)cc1. The standard InChI is InChI=1S/C78H54/c1-7-19-55(20-8-1)67-43-68(56-21-9-2-10-22-56)47-73(46-67)61-31-37-64(38-32-61)76-52-77(65-39-33-62(34-40-65)74-48-69(57-23-11-3-12-24-57)44-70(49-74)58-25-13-4-14-26-58)54-78(53-76)66-41-35-63(36-42-66)75-50-71(59-27-15-5-16-28-59)45-72(51-75)60-29-17-6-18-30-60/h1-54H. The molecule has 0 radical (unpaired) electrons. The largest absolute Gasteiger partial charge is 0.0622 e. The second kappa shape index (κ2) is 21.6. The highest BCUT2D eigenvalue weighted by atomic mass is 14.2. The molecule has 0 amide bonds. The van der Waals surface area contributed by atoms with E-state index in [0.29, 0.717) is 0 Å². The van der Waals surface area contributed by atoms with Crippen molar-refractivity contribution in [1.29, 1.82) is 0 Å². The maximum atomic E-state index is 2.36. The van der Waals surface area contributed by atoms with Gasteiger partial charge in [-0.15, -0.1) is 0 Å². The van der Waals surface area contributed by atoms with E-state index in [-0.39, 0.29) is 0 Å². The summed E-state index contributed by atoms with van der Waals surface area (Å²) >= 11 is 0. The molecular weight excluding hydrogens is 937 g/mol. The molecule has 0 nitrogen and oxygen atoms in total. The second-order valence-corrected chi connectivity index (χ2v) is 20.1. The van der Waals surface area contributed by atoms with Gasteiger partial charge < -0.3 is 0 Å². The fourth-order valence-electron chi connectivity index (χ4n) is 10.9. The molecule has 0 aliphatic carbocycles. The predicted molar refractivity (Wildman–Crippen MR) is 332 cm³/mol. The Morgan fingerprint density at radius 1 is 0.0769 bits per heavy atom. The Kier molecular flexibility index (Phi) is 13.2. The third-order valence-electron chi connectivity index (χ3n) is 15.0. The number of hydrogen-bond donors (Lipinski definition) is 0. The highest BCUT2D eigenvalue weighted by molar-refractivity contribution is 5.88. The van der Waals surface area contributed by atoms with Crippen molar-refractivity contribution in [2.24, 2.45) is 0 Å². The van der Waals surface area contributed by atoms with Gasteiger partial charge in [0.15, 0.2) is 0 Å². The van der Waals surface area contributed by atoms with Crippen molar-refractivity contribution in [3.63, 3.8) is 0 Å². The Morgan fingerprint density at radius 2 is 0.167 bits per heavy atom. The van der Waals surface area contributed by atoms with Crippen molar-refractivity contribution in [2.45, 2.75) is 0 Å². The van der Waals surface area contributed by atoms with Crippen LogP contribution in [-0.2, 0) is 0 Å². The van der Waals surface area contributed by atoms with E-state index in [2.05, 4.69) is 328 Å². The Hall–Kier alpha value is -10.1. The van der Waals surface area contributed by atoms with Gasteiger partial charge in [-0.1, -0.05) is 255 Å². The lowest BCUT2D eigenvalue weighted by molar-refractivity contribution is 1.54. The molecule has 0 fully saturated rings. The highest BCUT2D eigenvalue weighted by Crippen LogP contribution is 2.40. The summed E-state index contributed by atoms with van der Waals surface area (Å²) in [5.41, 5.74) is 28.5. The Morgan fingerprint density at radius 3 is 0.269 bits per heavy atom. The minimum Gasteiger partial charge on any atom is -0.0622 e. The first-order valence-electron chi connectivity index (χ1n) is 26.9. The molecule has 0 saturated carbocycles. The molecule has 0 aliphatic heterocycles. The van der Waals surface area contributed by atoms with Crippen LogP contribution in [0.4, 0.5) is 0 Å². The van der Waals surface area contributed by atoms with E-state index < -0.39 is 0 Å². The minimum absolute atomic E-state index is 1.16. The van der Waals surface area contributed by atoms with Gasteiger partial charge >= 0.3 is 0 Å². The van der Waals surface area contributed by atoms with Gasteiger partial charge in [-0.25, -0.2) is 0 Å². The fourth-order valence-corrected chi connectivity index (χ4v) is 10.9. The molecule has 13 rings (SSSR count). The smallest absolute Gasteiger partial charge is 0.0172 e. The van der Waals surface area contributed by atoms with Crippen molar-refractivity contribution in [1.82, 2.24) is 0 Å². The van der Waals surface area contributed by atoms with E-state index in [1.807, 2.05) is 0 Å². The lowest BCUT2D eigenvalue weighted by Gasteiger charge is -2.15. The third kappa shape index (κ3) is 10.3. The molecule has 0 aromatic heterocycles. The molecule has 0 N–H and O–H groups in total. The summed E-state index contributed by atoms with van der Waals surface area (Å²) in [6.45, 7) is 0. The Balaban J connectivity index is 0.892. The van der Waals surface area contributed by atoms with Crippen LogP contribution in [0, 0.1) is 0 Å². The van der Waals surface area contributed by atoms with Gasteiger partial charge in [0.1, 0.15) is 0 Å². The summed E-state index contributed by atoms with van der Waals surface area (Å²) in [5, 5.41) is 0. The van der Waals surface area contributed by atoms with E-state index >= 15 is 0 Å². The molecule has 0 heteroatoms. The predicted octanol–water partition coefficient (Wildman–Crippen LogP) is 21.7. The molecule has 0 bridgehead atoms. The van der Waals surface area contributed by atoms with E-state index in [1.54, 1.807) is 0 Å². The minimum atomic E-state index is 1.16. The van der Waals surface area contributed by atoms with E-state index in [0.717, 1.165) is 33.4 Å². The first-order valence-corrected chi connectivity index (χ1v) is 26.9. The average molecular weight is 991 g/mol. The third-order valence-corrected chi connectivity index (χ3v) is 15.0. The lowest BCUT2D eigenvalue weighted by Crippen LogP contribution is -1.89. The van der Waals surface area contributed by atoms with Crippen molar-refractivity contribution < 1.29 is 0 Å². The van der Waals surface area contributed by atoms with Gasteiger partial charge in [-0.3, -0.25) is 0 Å². The van der Waals surface area contributed by atoms with Crippen LogP contribution in [0.5, 0.6) is 0 Å². The first-order chi connectivity index (χ1) is 38.6. The summed E-state index contributed by atoms with van der Waals surface area (Å²) in [6, 6.07) is 120. The van der Waals surface area contributed by atoms with Crippen LogP contribution < -0.4 is 0 Å². The Labute approximate surface area is 458 Å². The van der Waals surface area contributed by atoms with Gasteiger partial charge in [-0.2, -0.15) is 0 Å². The quantitative estimate of drug-likeness (QED) is 0.114. The fraction of sp³-hybridized carbons (Fsp3) is 0. The molecule has 13 aromatic rings. The van der Waals surface area contributed by atoms with Gasteiger partial charge in [0.05, 0.1) is 0 Å². The van der Waals surface area contributed by atoms with Gasteiger partial charge in [0, 0.05) is 0 Å².